The Morgan fingerprint density at radius 2 is 2.06 bits per heavy atom. The lowest BCUT2D eigenvalue weighted by molar-refractivity contribution is 0.604. The van der Waals surface area contributed by atoms with Crippen molar-refractivity contribution in [1.29, 1.82) is 0 Å². The van der Waals surface area contributed by atoms with Crippen LogP contribution >= 0.6 is 11.8 Å². The summed E-state index contributed by atoms with van der Waals surface area (Å²) < 4.78 is 15.5. The molecule has 0 spiro atoms. The summed E-state index contributed by atoms with van der Waals surface area (Å²) in [6, 6.07) is 7.56. The van der Waals surface area contributed by atoms with Crippen LogP contribution in [-0.4, -0.2) is 10.3 Å². The maximum Gasteiger partial charge on any atom is 0.123 e. The zero-order valence-corrected chi connectivity index (χ0v) is 11.4. The molecule has 0 fully saturated rings. The molecule has 1 aromatic carbocycles. The molecule has 0 radical (unpaired) electrons. The summed E-state index contributed by atoms with van der Waals surface area (Å²) in [6.07, 6.45) is 0. The average molecular weight is 251 g/mol. The summed E-state index contributed by atoms with van der Waals surface area (Å²) >= 11 is 1.90. The van der Waals surface area contributed by atoms with E-state index in [1.54, 1.807) is 6.07 Å². The van der Waals surface area contributed by atoms with Gasteiger partial charge < -0.3 is 4.57 Å². The van der Waals surface area contributed by atoms with Crippen LogP contribution in [0, 0.1) is 5.82 Å². The molecule has 0 bridgehead atoms. The van der Waals surface area contributed by atoms with Gasteiger partial charge in [0.25, 0.3) is 0 Å². The third-order valence-electron chi connectivity index (χ3n) is 2.85. The molecule has 3 heteroatoms. The van der Waals surface area contributed by atoms with E-state index in [1.807, 2.05) is 17.8 Å². The van der Waals surface area contributed by atoms with Crippen molar-refractivity contribution >= 4 is 22.7 Å². The standard InChI is InChI=1S/C14H18FNS/c1-4-17-9-13-8-11-7-12(15)5-6-14(11)16(13)10(2)3/h5-8,10H,4,9H2,1-3H3. The van der Waals surface area contributed by atoms with Gasteiger partial charge in [0.1, 0.15) is 5.82 Å². The van der Waals surface area contributed by atoms with Gasteiger partial charge in [-0.25, -0.2) is 4.39 Å². The zero-order chi connectivity index (χ0) is 12.4. The Hall–Kier alpha value is -0.960. The van der Waals surface area contributed by atoms with Gasteiger partial charge in [-0.3, -0.25) is 0 Å². The number of benzene rings is 1. The molecule has 0 N–H and O–H groups in total. The summed E-state index contributed by atoms with van der Waals surface area (Å²) in [5, 5.41) is 1.01. The number of rotatable bonds is 4. The third-order valence-corrected chi connectivity index (χ3v) is 3.76. The maximum atomic E-state index is 13.2. The predicted molar refractivity (Wildman–Crippen MR) is 74.1 cm³/mol. The van der Waals surface area contributed by atoms with Crippen molar-refractivity contribution < 1.29 is 4.39 Å². The van der Waals surface area contributed by atoms with E-state index in [-0.39, 0.29) is 5.82 Å². The van der Waals surface area contributed by atoms with E-state index in [0.717, 1.165) is 22.4 Å². The number of hydrogen-bond donors (Lipinski definition) is 0. The molecule has 1 nitrogen and oxygen atoms in total. The third kappa shape index (κ3) is 2.49. The van der Waals surface area contributed by atoms with Crippen LogP contribution in [0.1, 0.15) is 32.5 Å². The Labute approximate surface area is 106 Å². The number of hydrogen-bond acceptors (Lipinski definition) is 1. The maximum absolute atomic E-state index is 13.2. The highest BCUT2D eigenvalue weighted by atomic mass is 32.2. The molecule has 1 aromatic heterocycles. The van der Waals surface area contributed by atoms with E-state index < -0.39 is 0 Å². The van der Waals surface area contributed by atoms with Crippen molar-refractivity contribution in [2.24, 2.45) is 0 Å². The molecule has 2 rings (SSSR count). The van der Waals surface area contributed by atoms with Crippen LogP contribution < -0.4 is 0 Å². The molecule has 0 saturated heterocycles. The lowest BCUT2D eigenvalue weighted by atomic mass is 10.2. The average Bonchev–Trinajstić information content (AvgIpc) is 2.63. The molecule has 0 aliphatic carbocycles. The van der Waals surface area contributed by atoms with Crippen molar-refractivity contribution in [1.82, 2.24) is 4.57 Å². The Bertz CT molecular complexity index is 516. The van der Waals surface area contributed by atoms with Gasteiger partial charge >= 0.3 is 0 Å². The van der Waals surface area contributed by atoms with Crippen LogP contribution in [0.2, 0.25) is 0 Å². The Morgan fingerprint density at radius 1 is 1.29 bits per heavy atom. The van der Waals surface area contributed by atoms with Gasteiger partial charge in [-0.05, 0) is 43.9 Å². The van der Waals surface area contributed by atoms with Crippen LogP contribution in [0.25, 0.3) is 10.9 Å². The number of nitrogens with zero attached hydrogens (tertiary/aromatic N) is 1. The molecular formula is C14H18FNS. The molecule has 0 amide bonds. The van der Waals surface area contributed by atoms with Gasteiger partial charge in [0, 0.05) is 28.4 Å². The molecule has 2 aromatic rings. The molecule has 0 aliphatic rings. The number of aromatic nitrogens is 1. The monoisotopic (exact) mass is 251 g/mol. The lowest BCUT2D eigenvalue weighted by Crippen LogP contribution is -2.04. The van der Waals surface area contributed by atoms with Gasteiger partial charge in [-0.2, -0.15) is 11.8 Å². The summed E-state index contributed by atoms with van der Waals surface area (Å²) in [7, 11) is 0. The van der Waals surface area contributed by atoms with Gasteiger partial charge in [0.2, 0.25) is 0 Å². The zero-order valence-electron chi connectivity index (χ0n) is 10.5. The lowest BCUT2D eigenvalue weighted by Gasteiger charge is -2.14. The van der Waals surface area contributed by atoms with Crippen LogP contribution in [0.3, 0.4) is 0 Å². The van der Waals surface area contributed by atoms with Crippen LogP contribution in [-0.2, 0) is 5.75 Å². The molecule has 0 unspecified atom stereocenters. The van der Waals surface area contributed by atoms with E-state index in [4.69, 9.17) is 0 Å². The largest absolute Gasteiger partial charge is 0.341 e. The van der Waals surface area contributed by atoms with E-state index in [9.17, 15) is 4.39 Å². The minimum atomic E-state index is -0.159. The Morgan fingerprint density at radius 3 is 2.71 bits per heavy atom. The van der Waals surface area contributed by atoms with Gasteiger partial charge in [0.05, 0.1) is 0 Å². The van der Waals surface area contributed by atoms with Crippen molar-refractivity contribution in [3.8, 4) is 0 Å². The molecular weight excluding hydrogens is 233 g/mol. The van der Waals surface area contributed by atoms with E-state index in [2.05, 4.69) is 31.4 Å². The first-order valence-corrected chi connectivity index (χ1v) is 7.16. The number of halogens is 1. The fraction of sp³-hybridized carbons (Fsp3) is 0.429. The summed E-state index contributed by atoms with van der Waals surface area (Å²) in [5.41, 5.74) is 2.42. The highest BCUT2D eigenvalue weighted by Gasteiger charge is 2.11. The minimum Gasteiger partial charge on any atom is -0.341 e. The van der Waals surface area contributed by atoms with Crippen LogP contribution in [0.4, 0.5) is 4.39 Å². The first-order chi connectivity index (χ1) is 8.13. The first-order valence-electron chi connectivity index (χ1n) is 6.00. The van der Waals surface area contributed by atoms with E-state index >= 15 is 0 Å². The summed E-state index contributed by atoms with van der Waals surface area (Å²) in [4.78, 5) is 0. The second-order valence-electron chi connectivity index (χ2n) is 4.44. The topological polar surface area (TPSA) is 4.93 Å². The first kappa shape index (κ1) is 12.5. The van der Waals surface area contributed by atoms with Crippen molar-refractivity contribution in [3.05, 3.63) is 35.8 Å². The molecule has 92 valence electrons. The van der Waals surface area contributed by atoms with Gasteiger partial charge in [-0.15, -0.1) is 0 Å². The highest BCUT2D eigenvalue weighted by Crippen LogP contribution is 2.27. The van der Waals surface area contributed by atoms with Crippen LogP contribution in [0.5, 0.6) is 0 Å². The summed E-state index contributed by atoms with van der Waals surface area (Å²) in [5.74, 6) is 1.94. The Balaban J connectivity index is 2.53. The SMILES string of the molecule is CCSCc1cc2cc(F)ccc2n1C(C)C. The van der Waals surface area contributed by atoms with Crippen molar-refractivity contribution in [3.63, 3.8) is 0 Å². The minimum absolute atomic E-state index is 0.159. The fourth-order valence-electron chi connectivity index (χ4n) is 2.19. The normalized spacial score (nSPS) is 11.6. The molecule has 0 saturated carbocycles. The fourth-order valence-corrected chi connectivity index (χ4v) is 2.83. The van der Waals surface area contributed by atoms with Gasteiger partial charge in [-0.1, -0.05) is 6.92 Å². The van der Waals surface area contributed by atoms with Crippen molar-refractivity contribution in [2.75, 3.05) is 5.75 Å². The van der Waals surface area contributed by atoms with E-state index in [0.29, 0.717) is 6.04 Å². The quantitative estimate of drug-likeness (QED) is 0.768. The highest BCUT2D eigenvalue weighted by molar-refractivity contribution is 7.98. The summed E-state index contributed by atoms with van der Waals surface area (Å²) in [6.45, 7) is 6.50. The van der Waals surface area contributed by atoms with Gasteiger partial charge in [0.15, 0.2) is 0 Å². The smallest absolute Gasteiger partial charge is 0.123 e. The number of thioether (sulfide) groups is 1. The predicted octanol–water partition coefficient (Wildman–Crippen LogP) is 4.61. The molecule has 0 atom stereocenters. The second kappa shape index (κ2) is 5.13. The molecule has 17 heavy (non-hydrogen) atoms. The van der Waals surface area contributed by atoms with Crippen molar-refractivity contribution in [2.45, 2.75) is 32.6 Å². The second-order valence-corrected chi connectivity index (χ2v) is 5.71. The number of fused-ring (bicyclic) bond motifs is 1. The molecule has 0 aliphatic heterocycles. The van der Waals surface area contributed by atoms with E-state index in [1.165, 1.54) is 11.8 Å². The Kier molecular flexibility index (Phi) is 3.77. The van der Waals surface area contributed by atoms with Crippen LogP contribution in [0.15, 0.2) is 24.3 Å². The molecule has 1 heterocycles.